The lowest BCUT2D eigenvalue weighted by atomic mass is 10.2. The first-order chi connectivity index (χ1) is 10.4. The molecule has 0 amide bonds. The van der Waals surface area contributed by atoms with Crippen LogP contribution in [0.15, 0.2) is 22.7 Å². The SMILES string of the molecule is CCc1ncn(C)c1SSc1c(CC(N)C(=O)O)ncn1C. The van der Waals surface area contributed by atoms with Gasteiger partial charge in [0.15, 0.2) is 0 Å². The molecule has 120 valence electrons. The van der Waals surface area contributed by atoms with Crippen molar-refractivity contribution in [3.8, 4) is 0 Å². The van der Waals surface area contributed by atoms with Gasteiger partial charge in [-0.2, -0.15) is 0 Å². The molecule has 3 N–H and O–H groups in total. The van der Waals surface area contributed by atoms with E-state index < -0.39 is 12.0 Å². The van der Waals surface area contributed by atoms with Gasteiger partial charge in [0, 0.05) is 20.5 Å². The van der Waals surface area contributed by atoms with Crippen molar-refractivity contribution in [2.75, 3.05) is 0 Å². The first kappa shape index (κ1) is 16.9. The Hall–Kier alpha value is -1.45. The first-order valence-electron chi connectivity index (χ1n) is 6.77. The predicted molar refractivity (Wildman–Crippen MR) is 86.8 cm³/mol. The number of rotatable bonds is 7. The Kier molecular flexibility index (Phi) is 5.54. The summed E-state index contributed by atoms with van der Waals surface area (Å²) in [6, 6.07) is -0.942. The van der Waals surface area contributed by atoms with Crippen LogP contribution in [0.5, 0.6) is 0 Å². The second-order valence-corrected chi connectivity index (χ2v) is 6.99. The number of nitrogens with two attached hydrogens (primary N) is 1. The molecule has 22 heavy (non-hydrogen) atoms. The highest BCUT2D eigenvalue weighted by Crippen LogP contribution is 2.40. The Morgan fingerprint density at radius 3 is 2.23 bits per heavy atom. The van der Waals surface area contributed by atoms with Crippen LogP contribution >= 0.6 is 21.6 Å². The quantitative estimate of drug-likeness (QED) is 0.736. The maximum atomic E-state index is 10.9. The largest absolute Gasteiger partial charge is 0.480 e. The molecule has 9 heteroatoms. The van der Waals surface area contributed by atoms with Crippen LogP contribution in [-0.4, -0.2) is 36.2 Å². The number of imidazole rings is 2. The zero-order valence-electron chi connectivity index (χ0n) is 12.7. The zero-order valence-corrected chi connectivity index (χ0v) is 14.3. The third-order valence-electron chi connectivity index (χ3n) is 3.17. The van der Waals surface area contributed by atoms with Crippen LogP contribution in [0.1, 0.15) is 18.3 Å². The average molecular weight is 341 g/mol. The Balaban J connectivity index is 2.14. The molecular weight excluding hydrogens is 322 g/mol. The maximum Gasteiger partial charge on any atom is 0.320 e. The number of carboxylic acid groups (broad SMARTS) is 1. The molecule has 2 heterocycles. The number of hydrogen-bond acceptors (Lipinski definition) is 6. The standard InChI is InChI=1S/C13H19N5O2S2/c1-4-9-11(17(2)6-15-9)21-22-12-10(16-7-18(12)3)5-8(14)13(19)20/h6-8H,4-5,14H2,1-3H3,(H,19,20). The molecular formula is C13H19N5O2S2. The maximum absolute atomic E-state index is 10.9. The van der Waals surface area contributed by atoms with E-state index in [0.717, 1.165) is 22.2 Å². The molecule has 1 unspecified atom stereocenters. The Labute approximate surface area is 136 Å². The van der Waals surface area contributed by atoms with Gasteiger partial charge in [-0.1, -0.05) is 6.92 Å². The number of hydrogen-bond donors (Lipinski definition) is 2. The topological polar surface area (TPSA) is 99.0 Å². The molecule has 0 aromatic carbocycles. The summed E-state index contributed by atoms with van der Waals surface area (Å²) in [4.78, 5) is 19.5. The third-order valence-corrected chi connectivity index (χ3v) is 5.82. The van der Waals surface area contributed by atoms with Crippen LogP contribution in [0.4, 0.5) is 0 Å². The molecule has 0 aliphatic carbocycles. The second kappa shape index (κ2) is 7.21. The van der Waals surface area contributed by atoms with E-state index in [0.29, 0.717) is 5.69 Å². The van der Waals surface area contributed by atoms with E-state index in [-0.39, 0.29) is 6.42 Å². The van der Waals surface area contributed by atoms with Crippen LogP contribution in [-0.2, 0) is 31.7 Å². The fourth-order valence-corrected chi connectivity index (χ4v) is 4.67. The monoisotopic (exact) mass is 341 g/mol. The fraction of sp³-hybridized carbons (Fsp3) is 0.462. The molecule has 2 aromatic rings. The summed E-state index contributed by atoms with van der Waals surface area (Å²) in [6.07, 6.45) is 4.56. The molecule has 0 fully saturated rings. The lowest BCUT2D eigenvalue weighted by Crippen LogP contribution is -2.32. The van der Waals surface area contributed by atoms with Gasteiger partial charge in [-0.05, 0) is 28.0 Å². The number of nitrogens with zero attached hydrogens (tertiary/aromatic N) is 4. The van der Waals surface area contributed by atoms with Crippen molar-refractivity contribution in [3.05, 3.63) is 24.0 Å². The van der Waals surface area contributed by atoms with Crippen molar-refractivity contribution in [3.63, 3.8) is 0 Å². The van der Waals surface area contributed by atoms with Crippen LogP contribution in [0.25, 0.3) is 0 Å². The van der Waals surface area contributed by atoms with Gasteiger partial charge in [0.2, 0.25) is 0 Å². The summed E-state index contributed by atoms with van der Waals surface area (Å²) in [5.74, 6) is -1.02. The predicted octanol–water partition coefficient (Wildman–Crippen LogP) is 1.47. The molecule has 0 aliphatic rings. The Morgan fingerprint density at radius 2 is 1.73 bits per heavy atom. The first-order valence-corrected chi connectivity index (χ1v) is 8.92. The van der Waals surface area contributed by atoms with Crippen molar-refractivity contribution in [1.82, 2.24) is 19.1 Å². The Morgan fingerprint density at radius 1 is 1.23 bits per heavy atom. The summed E-state index contributed by atoms with van der Waals surface area (Å²) in [6.45, 7) is 2.07. The summed E-state index contributed by atoms with van der Waals surface area (Å²) in [7, 11) is 6.98. The van der Waals surface area contributed by atoms with E-state index in [1.165, 1.54) is 0 Å². The van der Waals surface area contributed by atoms with Gasteiger partial charge in [0.25, 0.3) is 0 Å². The van der Waals surface area contributed by atoms with Crippen molar-refractivity contribution in [1.29, 1.82) is 0 Å². The average Bonchev–Trinajstić information content (AvgIpc) is 3.00. The van der Waals surface area contributed by atoms with Gasteiger partial charge in [0.1, 0.15) is 16.1 Å². The highest BCUT2D eigenvalue weighted by molar-refractivity contribution is 8.76. The minimum Gasteiger partial charge on any atom is -0.480 e. The highest BCUT2D eigenvalue weighted by atomic mass is 33.1. The molecule has 0 bridgehead atoms. The van der Waals surface area contributed by atoms with E-state index in [1.807, 2.05) is 23.2 Å². The molecule has 7 nitrogen and oxygen atoms in total. The molecule has 0 spiro atoms. The summed E-state index contributed by atoms with van der Waals surface area (Å²) in [5, 5.41) is 10.9. The van der Waals surface area contributed by atoms with E-state index in [9.17, 15) is 4.79 Å². The second-order valence-electron chi connectivity index (χ2n) is 4.88. The number of carboxylic acids is 1. The van der Waals surface area contributed by atoms with Crippen LogP contribution < -0.4 is 5.73 Å². The Bertz CT molecular complexity index is 667. The van der Waals surface area contributed by atoms with Gasteiger partial charge in [-0.3, -0.25) is 4.79 Å². The molecule has 2 rings (SSSR count). The minimum absolute atomic E-state index is 0.213. The van der Waals surface area contributed by atoms with Crippen molar-refractivity contribution >= 4 is 27.6 Å². The van der Waals surface area contributed by atoms with E-state index >= 15 is 0 Å². The van der Waals surface area contributed by atoms with Gasteiger partial charge < -0.3 is 20.0 Å². The normalized spacial score (nSPS) is 12.5. The number of aromatic nitrogens is 4. The summed E-state index contributed by atoms with van der Waals surface area (Å²) >= 11 is 0. The molecule has 0 radical (unpaired) electrons. The van der Waals surface area contributed by atoms with Gasteiger partial charge >= 0.3 is 5.97 Å². The molecule has 0 saturated heterocycles. The molecule has 2 aromatic heterocycles. The van der Waals surface area contributed by atoms with E-state index in [4.69, 9.17) is 10.8 Å². The molecule has 1 atom stereocenters. The van der Waals surface area contributed by atoms with Gasteiger partial charge in [-0.15, -0.1) is 0 Å². The lowest BCUT2D eigenvalue weighted by molar-refractivity contribution is -0.138. The molecule has 0 aliphatic heterocycles. The summed E-state index contributed by atoms with van der Waals surface area (Å²) in [5.41, 5.74) is 7.36. The minimum atomic E-state index is -1.02. The van der Waals surface area contributed by atoms with Gasteiger partial charge in [-0.25, -0.2) is 9.97 Å². The van der Waals surface area contributed by atoms with Crippen molar-refractivity contribution in [2.45, 2.75) is 35.9 Å². The molecule has 0 saturated carbocycles. The van der Waals surface area contributed by atoms with E-state index in [1.54, 1.807) is 34.2 Å². The van der Waals surface area contributed by atoms with Crippen molar-refractivity contribution < 1.29 is 9.90 Å². The van der Waals surface area contributed by atoms with Crippen LogP contribution in [0.2, 0.25) is 0 Å². The zero-order chi connectivity index (χ0) is 16.3. The number of carbonyl (C=O) groups is 1. The van der Waals surface area contributed by atoms with Crippen molar-refractivity contribution in [2.24, 2.45) is 19.8 Å². The summed E-state index contributed by atoms with van der Waals surface area (Å²) < 4.78 is 3.86. The fourth-order valence-electron chi connectivity index (χ4n) is 1.91. The number of aliphatic carboxylic acids is 1. The lowest BCUT2D eigenvalue weighted by Gasteiger charge is -2.08. The smallest absolute Gasteiger partial charge is 0.320 e. The third kappa shape index (κ3) is 3.65. The highest BCUT2D eigenvalue weighted by Gasteiger charge is 2.19. The van der Waals surface area contributed by atoms with Crippen LogP contribution in [0.3, 0.4) is 0 Å². The van der Waals surface area contributed by atoms with Crippen LogP contribution in [0, 0.1) is 0 Å². The van der Waals surface area contributed by atoms with E-state index in [2.05, 4.69) is 16.9 Å². The van der Waals surface area contributed by atoms with Gasteiger partial charge in [0.05, 0.1) is 24.0 Å². The number of aryl methyl sites for hydroxylation is 3.